The van der Waals surface area contributed by atoms with Crippen LogP contribution < -0.4 is 5.32 Å². The molecular formula is C20H20N4O. The fourth-order valence-electron chi connectivity index (χ4n) is 3.13. The monoisotopic (exact) mass is 332 g/mol. The number of aromatic nitrogens is 2. The summed E-state index contributed by atoms with van der Waals surface area (Å²) in [5.74, 6) is -0.0876. The van der Waals surface area contributed by atoms with Crippen LogP contribution in [0.15, 0.2) is 48.5 Å². The second-order valence-corrected chi connectivity index (χ2v) is 6.49. The summed E-state index contributed by atoms with van der Waals surface area (Å²) in [7, 11) is 3.97. The van der Waals surface area contributed by atoms with Crippen LogP contribution >= 0.6 is 0 Å². The number of nitrogens with one attached hydrogen (secondary N) is 2. The van der Waals surface area contributed by atoms with E-state index in [-0.39, 0.29) is 5.91 Å². The Labute approximate surface area is 145 Å². The molecule has 5 nitrogen and oxygen atoms in total. The van der Waals surface area contributed by atoms with Crippen molar-refractivity contribution in [1.82, 2.24) is 20.2 Å². The Balaban J connectivity index is 1.80. The molecule has 0 fully saturated rings. The lowest BCUT2D eigenvalue weighted by Gasteiger charge is -2.11. The number of H-pyrrole nitrogens is 1. The lowest BCUT2D eigenvalue weighted by Crippen LogP contribution is -2.31. The van der Waals surface area contributed by atoms with Crippen molar-refractivity contribution in [2.75, 3.05) is 27.2 Å². The van der Waals surface area contributed by atoms with Gasteiger partial charge in [-0.3, -0.25) is 4.79 Å². The summed E-state index contributed by atoms with van der Waals surface area (Å²) in [5, 5.41) is 6.16. The van der Waals surface area contributed by atoms with Gasteiger partial charge in [0.1, 0.15) is 5.65 Å². The van der Waals surface area contributed by atoms with Gasteiger partial charge in [0.25, 0.3) is 5.91 Å². The second-order valence-electron chi connectivity index (χ2n) is 6.49. The van der Waals surface area contributed by atoms with E-state index in [0.717, 1.165) is 39.4 Å². The van der Waals surface area contributed by atoms with E-state index in [1.807, 2.05) is 55.4 Å². The van der Waals surface area contributed by atoms with Gasteiger partial charge in [-0.05, 0) is 32.3 Å². The molecule has 0 aliphatic rings. The van der Waals surface area contributed by atoms with E-state index in [2.05, 4.69) is 22.4 Å². The number of hydrogen-bond donors (Lipinski definition) is 2. The van der Waals surface area contributed by atoms with Gasteiger partial charge < -0.3 is 15.2 Å². The third-order valence-corrected chi connectivity index (χ3v) is 4.41. The highest BCUT2D eigenvalue weighted by molar-refractivity contribution is 6.12. The van der Waals surface area contributed by atoms with Crippen molar-refractivity contribution in [3.63, 3.8) is 0 Å². The van der Waals surface area contributed by atoms with Gasteiger partial charge in [-0.2, -0.15) is 0 Å². The number of carbonyl (C=O) groups is 1. The molecule has 126 valence electrons. The molecule has 0 radical (unpaired) electrons. The van der Waals surface area contributed by atoms with Crippen LogP contribution in [0.3, 0.4) is 0 Å². The first-order valence-corrected chi connectivity index (χ1v) is 8.36. The number of amides is 1. The van der Waals surface area contributed by atoms with Crippen LogP contribution in [0.5, 0.6) is 0 Å². The maximum atomic E-state index is 12.6. The predicted molar refractivity (Wildman–Crippen MR) is 102 cm³/mol. The third-order valence-electron chi connectivity index (χ3n) is 4.41. The number of nitrogens with zero attached hydrogens (tertiary/aromatic N) is 2. The first kappa shape index (κ1) is 15.6. The van der Waals surface area contributed by atoms with Crippen molar-refractivity contribution in [2.24, 2.45) is 0 Å². The van der Waals surface area contributed by atoms with Crippen LogP contribution in [0, 0.1) is 0 Å². The summed E-state index contributed by atoms with van der Waals surface area (Å²) >= 11 is 0. The number of rotatable bonds is 4. The number of aromatic amines is 1. The van der Waals surface area contributed by atoms with Crippen molar-refractivity contribution in [3.05, 3.63) is 54.1 Å². The number of likely N-dealkylation sites (N-methyl/N-ethyl adjacent to an activating group) is 1. The van der Waals surface area contributed by atoms with Gasteiger partial charge >= 0.3 is 0 Å². The SMILES string of the molecule is CN(C)CCNC(=O)c1cccc2cc3c(nc12)[nH]c1ccccc13. The molecule has 25 heavy (non-hydrogen) atoms. The first-order chi connectivity index (χ1) is 12.1. The Kier molecular flexibility index (Phi) is 3.86. The maximum absolute atomic E-state index is 12.6. The summed E-state index contributed by atoms with van der Waals surface area (Å²) in [6, 6.07) is 16.0. The molecule has 0 saturated carbocycles. The number of para-hydroxylation sites is 2. The summed E-state index contributed by atoms with van der Waals surface area (Å²) in [6.07, 6.45) is 0. The molecule has 0 bridgehead atoms. The average Bonchev–Trinajstić information content (AvgIpc) is 2.96. The van der Waals surface area contributed by atoms with Crippen LogP contribution in [-0.4, -0.2) is 48.0 Å². The molecule has 0 aliphatic heterocycles. The van der Waals surface area contributed by atoms with Crippen molar-refractivity contribution >= 4 is 38.7 Å². The number of hydrogen-bond acceptors (Lipinski definition) is 3. The number of benzene rings is 2. The van der Waals surface area contributed by atoms with Crippen LogP contribution in [-0.2, 0) is 0 Å². The fraction of sp³-hybridized carbons (Fsp3) is 0.200. The number of fused-ring (bicyclic) bond motifs is 4. The predicted octanol–water partition coefficient (Wildman–Crippen LogP) is 3.16. The van der Waals surface area contributed by atoms with E-state index < -0.39 is 0 Å². The zero-order valence-corrected chi connectivity index (χ0v) is 14.3. The minimum absolute atomic E-state index is 0.0876. The molecule has 0 spiro atoms. The molecule has 4 rings (SSSR count). The summed E-state index contributed by atoms with van der Waals surface area (Å²) in [4.78, 5) is 22.7. The molecule has 5 heteroatoms. The lowest BCUT2D eigenvalue weighted by molar-refractivity contribution is 0.0952. The lowest BCUT2D eigenvalue weighted by atomic mass is 10.1. The second kappa shape index (κ2) is 6.18. The molecular weight excluding hydrogens is 312 g/mol. The van der Waals surface area contributed by atoms with Gasteiger partial charge in [0, 0.05) is 34.8 Å². The molecule has 0 atom stereocenters. The number of pyridine rings is 1. The van der Waals surface area contributed by atoms with Crippen molar-refractivity contribution in [3.8, 4) is 0 Å². The Morgan fingerprint density at radius 1 is 1.12 bits per heavy atom. The van der Waals surface area contributed by atoms with Crippen LogP contribution in [0.1, 0.15) is 10.4 Å². The summed E-state index contributed by atoms with van der Waals surface area (Å²) < 4.78 is 0. The van der Waals surface area contributed by atoms with Gasteiger partial charge in [-0.15, -0.1) is 0 Å². The maximum Gasteiger partial charge on any atom is 0.253 e. The highest BCUT2D eigenvalue weighted by atomic mass is 16.1. The quantitative estimate of drug-likeness (QED) is 0.603. The zero-order chi connectivity index (χ0) is 17.4. The molecule has 0 saturated heterocycles. The van der Waals surface area contributed by atoms with Crippen molar-refractivity contribution in [2.45, 2.75) is 0 Å². The van der Waals surface area contributed by atoms with Crippen molar-refractivity contribution < 1.29 is 4.79 Å². The molecule has 2 aromatic carbocycles. The van der Waals surface area contributed by atoms with Crippen LogP contribution in [0.2, 0.25) is 0 Å². The first-order valence-electron chi connectivity index (χ1n) is 8.36. The smallest absolute Gasteiger partial charge is 0.253 e. The topological polar surface area (TPSA) is 61.0 Å². The van der Waals surface area contributed by atoms with E-state index in [1.54, 1.807) is 0 Å². The Bertz CT molecular complexity index is 1080. The van der Waals surface area contributed by atoms with E-state index in [1.165, 1.54) is 0 Å². The van der Waals surface area contributed by atoms with E-state index in [9.17, 15) is 4.79 Å². The molecule has 0 aliphatic carbocycles. The molecule has 1 amide bonds. The summed E-state index contributed by atoms with van der Waals surface area (Å²) in [6.45, 7) is 1.41. The van der Waals surface area contributed by atoms with E-state index in [4.69, 9.17) is 4.98 Å². The van der Waals surface area contributed by atoms with Gasteiger partial charge in [0.05, 0.1) is 11.1 Å². The fourth-order valence-corrected chi connectivity index (χ4v) is 3.13. The van der Waals surface area contributed by atoms with Gasteiger partial charge in [-0.1, -0.05) is 30.3 Å². The van der Waals surface area contributed by atoms with Gasteiger partial charge in [0.2, 0.25) is 0 Å². The molecule has 0 unspecified atom stereocenters. The van der Waals surface area contributed by atoms with Crippen LogP contribution in [0.4, 0.5) is 0 Å². The zero-order valence-electron chi connectivity index (χ0n) is 14.3. The van der Waals surface area contributed by atoms with Crippen LogP contribution in [0.25, 0.3) is 32.8 Å². The summed E-state index contributed by atoms with van der Waals surface area (Å²) in [5.41, 5.74) is 3.19. The average molecular weight is 332 g/mol. The Hall–Kier alpha value is -2.92. The van der Waals surface area contributed by atoms with Gasteiger partial charge in [0.15, 0.2) is 0 Å². The minimum Gasteiger partial charge on any atom is -0.351 e. The van der Waals surface area contributed by atoms with Gasteiger partial charge in [-0.25, -0.2) is 4.98 Å². The number of carbonyl (C=O) groups excluding carboxylic acids is 1. The molecule has 2 aromatic heterocycles. The third kappa shape index (κ3) is 2.83. The van der Waals surface area contributed by atoms with E-state index >= 15 is 0 Å². The Morgan fingerprint density at radius 2 is 1.96 bits per heavy atom. The molecule has 2 N–H and O–H groups in total. The molecule has 4 aromatic rings. The standard InChI is InChI=1S/C20H20N4O/c1-24(2)11-10-21-20(25)15-8-5-6-13-12-16-14-7-3-4-9-17(14)22-19(16)23-18(13)15/h3-9,12H,10-11H2,1-2H3,(H,21,25)(H,22,23). The Morgan fingerprint density at radius 3 is 2.80 bits per heavy atom. The molecule has 2 heterocycles. The largest absolute Gasteiger partial charge is 0.351 e. The normalized spacial score (nSPS) is 11.6. The van der Waals surface area contributed by atoms with Crippen molar-refractivity contribution in [1.29, 1.82) is 0 Å². The highest BCUT2D eigenvalue weighted by Gasteiger charge is 2.13. The highest BCUT2D eigenvalue weighted by Crippen LogP contribution is 2.28. The minimum atomic E-state index is -0.0876. The van der Waals surface area contributed by atoms with E-state index in [0.29, 0.717) is 12.1 Å².